The van der Waals surface area contributed by atoms with Crippen LogP contribution in [0.25, 0.3) is 16.6 Å². The number of nitro groups is 1. The van der Waals surface area contributed by atoms with Crippen molar-refractivity contribution in [1.82, 2.24) is 30.4 Å². The predicted molar refractivity (Wildman–Crippen MR) is 128 cm³/mol. The zero-order chi connectivity index (χ0) is 22.9. The molecule has 0 aliphatic carbocycles. The van der Waals surface area contributed by atoms with Gasteiger partial charge in [-0.1, -0.05) is 36.0 Å². The molecule has 9 nitrogen and oxygen atoms in total. The molecule has 5 rings (SSSR count). The number of nitrogens with one attached hydrogen (secondary N) is 2. The molecule has 2 aromatic carbocycles. The van der Waals surface area contributed by atoms with Crippen molar-refractivity contribution in [3.8, 4) is 0 Å². The first-order valence-corrected chi connectivity index (χ1v) is 12.0. The Morgan fingerprint density at radius 1 is 1.06 bits per heavy atom. The second-order valence-corrected chi connectivity index (χ2v) is 9.40. The summed E-state index contributed by atoms with van der Waals surface area (Å²) in [6.45, 7) is 4.39. The Kier molecular flexibility index (Phi) is 5.96. The first-order chi connectivity index (χ1) is 16.0. The van der Waals surface area contributed by atoms with Crippen LogP contribution in [0.3, 0.4) is 0 Å². The zero-order valence-electron chi connectivity index (χ0n) is 18.4. The normalized spacial score (nSPS) is 20.6. The second kappa shape index (κ2) is 9.05. The molecule has 2 N–H and O–H groups in total. The lowest BCUT2D eigenvalue weighted by molar-refractivity contribution is -0.384. The zero-order valence-corrected chi connectivity index (χ0v) is 19.2. The third-order valence-corrected chi connectivity index (χ3v) is 7.23. The Balaban J connectivity index is 1.42. The lowest BCUT2D eigenvalue weighted by Gasteiger charge is -2.16. The summed E-state index contributed by atoms with van der Waals surface area (Å²) in [7, 11) is 0. The van der Waals surface area contributed by atoms with E-state index in [9.17, 15) is 10.1 Å². The number of thioether (sulfide) groups is 1. The van der Waals surface area contributed by atoms with Crippen molar-refractivity contribution in [3.63, 3.8) is 0 Å². The van der Waals surface area contributed by atoms with Gasteiger partial charge in [-0.2, -0.15) is 4.52 Å². The summed E-state index contributed by atoms with van der Waals surface area (Å²) in [6.07, 6.45) is 1.79. The van der Waals surface area contributed by atoms with Gasteiger partial charge < -0.3 is 0 Å². The van der Waals surface area contributed by atoms with E-state index < -0.39 is 0 Å². The van der Waals surface area contributed by atoms with Crippen LogP contribution in [0, 0.1) is 16.0 Å². The van der Waals surface area contributed by atoms with Gasteiger partial charge in [0.25, 0.3) is 5.69 Å². The molecular weight excluding hydrogens is 438 g/mol. The first-order valence-electron chi connectivity index (χ1n) is 11.0. The number of benzene rings is 2. The number of aromatic nitrogens is 4. The summed E-state index contributed by atoms with van der Waals surface area (Å²) in [6, 6.07) is 15.4. The summed E-state index contributed by atoms with van der Waals surface area (Å²) in [5.41, 5.74) is 9.38. The largest absolute Gasteiger partial charge is 0.269 e. The molecule has 3 heterocycles. The van der Waals surface area contributed by atoms with Crippen LogP contribution in [0.15, 0.2) is 53.7 Å². The van der Waals surface area contributed by atoms with Gasteiger partial charge in [0, 0.05) is 41.8 Å². The van der Waals surface area contributed by atoms with Crippen LogP contribution in [0.4, 0.5) is 5.69 Å². The average molecular weight is 464 g/mol. The number of rotatable bonds is 7. The predicted octanol–water partition coefficient (Wildman–Crippen LogP) is 3.91. The maximum absolute atomic E-state index is 10.9. The molecule has 1 aliphatic heterocycles. The SMILES string of the molecule is CC1NNC(C)C1CCc1nc2c3ccccc3nc(SCc3ccc([N+](=O)[O-])cc3)n2n1. The molecular formula is C23H25N7O2S. The Morgan fingerprint density at radius 3 is 2.52 bits per heavy atom. The second-order valence-electron chi connectivity index (χ2n) is 8.46. The number of hydrogen-bond donors (Lipinski definition) is 2. The van der Waals surface area contributed by atoms with Crippen molar-refractivity contribution in [2.45, 2.75) is 49.7 Å². The standard InChI is InChI=1S/C23H25N7O2S/c1-14-18(15(2)27-26-14)11-12-21-25-22-19-5-3-4-6-20(19)24-23(29(22)28-21)33-13-16-7-9-17(10-8-16)30(31)32/h3-10,14-15,18,26-27H,11-13H2,1-2H3. The molecule has 0 spiro atoms. The third-order valence-electron chi connectivity index (χ3n) is 6.23. The van der Waals surface area contributed by atoms with E-state index in [2.05, 4.69) is 24.7 Å². The summed E-state index contributed by atoms with van der Waals surface area (Å²) < 4.78 is 1.84. The molecule has 0 radical (unpaired) electrons. The molecule has 0 bridgehead atoms. The number of hydrogen-bond acceptors (Lipinski definition) is 8. The van der Waals surface area contributed by atoms with E-state index in [1.807, 2.05) is 28.8 Å². The Bertz CT molecular complexity index is 1300. The maximum Gasteiger partial charge on any atom is 0.269 e. The number of non-ortho nitro benzene ring substituents is 1. The molecule has 170 valence electrons. The number of nitrogens with zero attached hydrogens (tertiary/aromatic N) is 5. The van der Waals surface area contributed by atoms with Crippen molar-refractivity contribution in [2.24, 2.45) is 5.92 Å². The van der Waals surface area contributed by atoms with Crippen LogP contribution in [0.2, 0.25) is 0 Å². The van der Waals surface area contributed by atoms with Gasteiger partial charge in [0.2, 0.25) is 0 Å². The smallest absolute Gasteiger partial charge is 0.258 e. The van der Waals surface area contributed by atoms with Gasteiger partial charge in [0.05, 0.1) is 10.4 Å². The minimum Gasteiger partial charge on any atom is -0.258 e. The topological polar surface area (TPSA) is 110 Å². The monoisotopic (exact) mass is 463 g/mol. The van der Waals surface area contributed by atoms with E-state index in [1.165, 1.54) is 12.1 Å². The van der Waals surface area contributed by atoms with Gasteiger partial charge in [-0.25, -0.2) is 9.97 Å². The highest BCUT2D eigenvalue weighted by atomic mass is 32.2. The fourth-order valence-corrected chi connectivity index (χ4v) is 5.24. The van der Waals surface area contributed by atoms with Gasteiger partial charge in [0.15, 0.2) is 16.6 Å². The highest BCUT2D eigenvalue weighted by molar-refractivity contribution is 7.98. The van der Waals surface area contributed by atoms with Crippen molar-refractivity contribution in [3.05, 3.63) is 70.0 Å². The molecule has 33 heavy (non-hydrogen) atoms. The average Bonchev–Trinajstić information content (AvgIpc) is 3.39. The fraction of sp³-hybridized carbons (Fsp3) is 0.348. The molecule has 0 amide bonds. The number of nitro benzene ring substituents is 1. The maximum atomic E-state index is 10.9. The Hall–Kier alpha value is -3.08. The minimum atomic E-state index is -0.387. The van der Waals surface area contributed by atoms with Gasteiger partial charge in [0.1, 0.15) is 0 Å². The van der Waals surface area contributed by atoms with E-state index in [1.54, 1.807) is 23.9 Å². The van der Waals surface area contributed by atoms with Crippen LogP contribution < -0.4 is 10.9 Å². The van der Waals surface area contributed by atoms with Crippen LogP contribution in [-0.2, 0) is 12.2 Å². The van der Waals surface area contributed by atoms with Crippen molar-refractivity contribution < 1.29 is 4.92 Å². The van der Waals surface area contributed by atoms with Crippen LogP contribution in [0.1, 0.15) is 31.7 Å². The molecule has 10 heteroatoms. The van der Waals surface area contributed by atoms with Crippen LogP contribution >= 0.6 is 11.8 Å². The van der Waals surface area contributed by atoms with Crippen molar-refractivity contribution in [1.29, 1.82) is 0 Å². The summed E-state index contributed by atoms with van der Waals surface area (Å²) >= 11 is 1.55. The lowest BCUT2D eigenvalue weighted by atomic mass is 9.91. The summed E-state index contributed by atoms with van der Waals surface area (Å²) in [5, 5.41) is 17.4. The molecule has 1 fully saturated rings. The minimum absolute atomic E-state index is 0.0900. The molecule has 0 saturated carbocycles. The number of hydrazine groups is 1. The van der Waals surface area contributed by atoms with E-state index in [4.69, 9.17) is 15.1 Å². The fourth-order valence-electron chi connectivity index (χ4n) is 4.34. The first kappa shape index (κ1) is 21.7. The number of fused-ring (bicyclic) bond motifs is 3. The number of para-hydroxylation sites is 1. The molecule has 1 saturated heterocycles. The summed E-state index contributed by atoms with van der Waals surface area (Å²) in [4.78, 5) is 20.2. The van der Waals surface area contributed by atoms with E-state index in [-0.39, 0.29) is 10.6 Å². The van der Waals surface area contributed by atoms with Gasteiger partial charge in [-0.15, -0.1) is 5.10 Å². The lowest BCUT2D eigenvalue weighted by Crippen LogP contribution is -2.30. The Labute approximate surface area is 195 Å². The molecule has 2 aromatic heterocycles. The summed E-state index contributed by atoms with van der Waals surface area (Å²) in [5.74, 6) is 1.96. The van der Waals surface area contributed by atoms with E-state index in [0.717, 1.165) is 45.9 Å². The molecule has 2 atom stereocenters. The van der Waals surface area contributed by atoms with Crippen LogP contribution in [0.5, 0.6) is 0 Å². The van der Waals surface area contributed by atoms with Crippen LogP contribution in [-0.4, -0.2) is 36.6 Å². The van der Waals surface area contributed by atoms with E-state index in [0.29, 0.717) is 23.8 Å². The quantitative estimate of drug-likeness (QED) is 0.184. The molecule has 2 unspecified atom stereocenters. The third kappa shape index (κ3) is 4.41. The van der Waals surface area contributed by atoms with Gasteiger partial charge in [-0.3, -0.25) is 21.0 Å². The van der Waals surface area contributed by atoms with Crippen molar-refractivity contribution in [2.75, 3.05) is 0 Å². The number of aryl methyl sites for hydroxylation is 1. The molecule has 4 aromatic rings. The Morgan fingerprint density at radius 2 is 1.79 bits per heavy atom. The highest BCUT2D eigenvalue weighted by Gasteiger charge is 2.29. The molecule has 1 aliphatic rings. The van der Waals surface area contributed by atoms with Gasteiger partial charge >= 0.3 is 0 Å². The van der Waals surface area contributed by atoms with Gasteiger partial charge in [-0.05, 0) is 43.9 Å². The van der Waals surface area contributed by atoms with Crippen molar-refractivity contribution >= 4 is 34.0 Å². The van der Waals surface area contributed by atoms with E-state index >= 15 is 0 Å². The highest BCUT2D eigenvalue weighted by Crippen LogP contribution is 2.28.